The first-order valence-corrected chi connectivity index (χ1v) is 4.75. The molecule has 2 nitrogen and oxygen atoms in total. The number of phenolic OH excluding ortho intramolecular Hbond substituents is 1. The van der Waals surface area contributed by atoms with Gasteiger partial charge in [0.25, 0.3) is 0 Å². The predicted octanol–water partition coefficient (Wildman–Crippen LogP) is 1.33. The van der Waals surface area contributed by atoms with E-state index in [0.29, 0.717) is 11.7 Å². The fourth-order valence-corrected chi connectivity index (χ4v) is 2.15. The van der Waals surface area contributed by atoms with Crippen LogP contribution in [0.2, 0.25) is 0 Å². The summed E-state index contributed by atoms with van der Waals surface area (Å²) >= 11 is 0. The number of rotatable bonds is 2. The van der Waals surface area contributed by atoms with Crippen molar-refractivity contribution in [3.63, 3.8) is 0 Å². The smallest absolute Gasteiger partial charge is 0.119 e. The fraction of sp³-hybridized carbons (Fsp3) is 0.455. The van der Waals surface area contributed by atoms with Crippen LogP contribution >= 0.6 is 0 Å². The van der Waals surface area contributed by atoms with Gasteiger partial charge >= 0.3 is 0 Å². The van der Waals surface area contributed by atoms with E-state index < -0.39 is 0 Å². The van der Waals surface area contributed by atoms with E-state index >= 15 is 0 Å². The van der Waals surface area contributed by atoms with Crippen molar-refractivity contribution in [2.75, 3.05) is 13.6 Å². The molecule has 1 aromatic carbocycles. The van der Waals surface area contributed by atoms with Gasteiger partial charge in [-0.1, -0.05) is 12.1 Å². The minimum Gasteiger partial charge on any atom is -0.508 e. The van der Waals surface area contributed by atoms with Crippen LogP contribution in [0.5, 0.6) is 5.75 Å². The third-order valence-corrected chi connectivity index (χ3v) is 2.74. The van der Waals surface area contributed by atoms with Crippen LogP contribution in [0.1, 0.15) is 11.1 Å². The fourth-order valence-electron chi connectivity index (χ4n) is 2.15. The number of fused-ring (bicyclic) bond motifs is 1. The lowest BCUT2D eigenvalue weighted by atomic mass is 10.1. The van der Waals surface area contributed by atoms with E-state index in [2.05, 4.69) is 11.4 Å². The minimum atomic E-state index is 0.469. The SMILES string of the molecule is CNCC1Cc2cccc(O)c2C1. The largest absolute Gasteiger partial charge is 0.508 e. The van der Waals surface area contributed by atoms with Crippen LogP contribution < -0.4 is 5.32 Å². The summed E-state index contributed by atoms with van der Waals surface area (Å²) in [5.41, 5.74) is 2.48. The molecule has 0 saturated heterocycles. The summed E-state index contributed by atoms with van der Waals surface area (Å²) in [6.07, 6.45) is 2.12. The average molecular weight is 177 g/mol. The van der Waals surface area contributed by atoms with Crippen molar-refractivity contribution in [1.29, 1.82) is 0 Å². The Hall–Kier alpha value is -1.02. The Labute approximate surface area is 78.6 Å². The van der Waals surface area contributed by atoms with Crippen molar-refractivity contribution in [3.8, 4) is 5.75 Å². The Balaban J connectivity index is 2.20. The summed E-state index contributed by atoms with van der Waals surface area (Å²) in [7, 11) is 1.98. The van der Waals surface area contributed by atoms with E-state index in [9.17, 15) is 5.11 Å². The summed E-state index contributed by atoms with van der Waals surface area (Å²) in [6.45, 7) is 1.04. The molecular weight excluding hydrogens is 162 g/mol. The predicted molar refractivity (Wildman–Crippen MR) is 52.9 cm³/mol. The Morgan fingerprint density at radius 2 is 2.31 bits per heavy atom. The Morgan fingerprint density at radius 3 is 3.00 bits per heavy atom. The van der Waals surface area contributed by atoms with Crippen molar-refractivity contribution in [2.45, 2.75) is 12.8 Å². The maximum Gasteiger partial charge on any atom is 0.119 e. The van der Waals surface area contributed by atoms with Crippen LogP contribution in [0.3, 0.4) is 0 Å². The Bertz CT molecular complexity index is 309. The summed E-state index contributed by atoms with van der Waals surface area (Å²) in [5.74, 6) is 1.13. The molecule has 1 aromatic rings. The van der Waals surface area contributed by atoms with Crippen LogP contribution in [0.15, 0.2) is 18.2 Å². The number of hydrogen-bond donors (Lipinski definition) is 2. The first-order chi connectivity index (χ1) is 6.31. The molecule has 1 aliphatic carbocycles. The molecule has 0 spiro atoms. The standard InChI is InChI=1S/C11H15NO/c1-12-7-8-5-9-3-2-4-11(13)10(9)6-8/h2-4,8,12-13H,5-7H2,1H3. The van der Waals surface area contributed by atoms with E-state index in [-0.39, 0.29) is 0 Å². The summed E-state index contributed by atoms with van der Waals surface area (Å²) < 4.78 is 0. The van der Waals surface area contributed by atoms with Gasteiger partial charge in [0, 0.05) is 0 Å². The van der Waals surface area contributed by atoms with Gasteiger partial charge in [0.1, 0.15) is 5.75 Å². The van der Waals surface area contributed by atoms with Crippen molar-refractivity contribution in [1.82, 2.24) is 5.32 Å². The monoisotopic (exact) mass is 177 g/mol. The molecular formula is C11H15NO. The van der Waals surface area contributed by atoms with Crippen LogP contribution in [0.25, 0.3) is 0 Å². The zero-order valence-electron chi connectivity index (χ0n) is 7.88. The molecule has 0 bridgehead atoms. The summed E-state index contributed by atoms with van der Waals surface area (Å²) in [6, 6.07) is 5.82. The number of hydrogen-bond acceptors (Lipinski definition) is 2. The molecule has 1 atom stereocenters. The molecule has 13 heavy (non-hydrogen) atoms. The first-order valence-electron chi connectivity index (χ1n) is 4.75. The zero-order valence-corrected chi connectivity index (χ0v) is 7.88. The van der Waals surface area contributed by atoms with E-state index in [1.165, 1.54) is 5.56 Å². The van der Waals surface area contributed by atoms with Gasteiger partial charge in [-0.25, -0.2) is 0 Å². The van der Waals surface area contributed by atoms with Gasteiger partial charge < -0.3 is 10.4 Å². The topological polar surface area (TPSA) is 32.3 Å². The highest BCUT2D eigenvalue weighted by atomic mass is 16.3. The maximum atomic E-state index is 9.60. The molecule has 0 aromatic heterocycles. The summed E-state index contributed by atoms with van der Waals surface area (Å²) in [5, 5.41) is 12.8. The second-order valence-corrected chi connectivity index (χ2v) is 3.75. The van der Waals surface area contributed by atoms with Gasteiger partial charge in [0.05, 0.1) is 0 Å². The Kier molecular flexibility index (Phi) is 2.23. The van der Waals surface area contributed by atoms with Crippen LogP contribution in [0.4, 0.5) is 0 Å². The van der Waals surface area contributed by atoms with Gasteiger partial charge in [-0.2, -0.15) is 0 Å². The lowest BCUT2D eigenvalue weighted by Crippen LogP contribution is -2.18. The van der Waals surface area contributed by atoms with Crippen molar-refractivity contribution < 1.29 is 5.11 Å². The third kappa shape index (κ3) is 1.54. The molecule has 1 unspecified atom stereocenters. The highest BCUT2D eigenvalue weighted by Crippen LogP contribution is 2.32. The van der Waals surface area contributed by atoms with E-state index in [1.807, 2.05) is 13.1 Å². The molecule has 0 radical (unpaired) electrons. The van der Waals surface area contributed by atoms with Gasteiger partial charge in [-0.3, -0.25) is 0 Å². The van der Waals surface area contributed by atoms with E-state index in [4.69, 9.17) is 0 Å². The molecule has 2 heteroatoms. The molecule has 2 rings (SSSR count). The van der Waals surface area contributed by atoms with Gasteiger partial charge in [0.2, 0.25) is 0 Å². The Morgan fingerprint density at radius 1 is 1.46 bits per heavy atom. The van der Waals surface area contributed by atoms with Crippen molar-refractivity contribution in [2.24, 2.45) is 5.92 Å². The van der Waals surface area contributed by atoms with Crippen molar-refractivity contribution in [3.05, 3.63) is 29.3 Å². The maximum absolute atomic E-state index is 9.60. The van der Waals surface area contributed by atoms with Crippen LogP contribution in [0, 0.1) is 5.92 Å². The second-order valence-electron chi connectivity index (χ2n) is 3.75. The van der Waals surface area contributed by atoms with Crippen LogP contribution in [-0.2, 0) is 12.8 Å². The lowest BCUT2D eigenvalue weighted by molar-refractivity contribution is 0.462. The number of aromatic hydroxyl groups is 1. The quantitative estimate of drug-likeness (QED) is 0.714. The number of phenols is 1. The molecule has 70 valence electrons. The number of nitrogens with one attached hydrogen (secondary N) is 1. The molecule has 0 aliphatic heterocycles. The van der Waals surface area contributed by atoms with Gasteiger partial charge in [0.15, 0.2) is 0 Å². The highest BCUT2D eigenvalue weighted by Gasteiger charge is 2.22. The molecule has 0 heterocycles. The number of benzene rings is 1. The highest BCUT2D eigenvalue weighted by molar-refractivity contribution is 5.42. The lowest BCUT2D eigenvalue weighted by Gasteiger charge is -2.06. The van der Waals surface area contributed by atoms with Gasteiger partial charge in [-0.05, 0) is 49.5 Å². The van der Waals surface area contributed by atoms with E-state index in [0.717, 1.165) is 24.9 Å². The zero-order chi connectivity index (χ0) is 9.26. The van der Waals surface area contributed by atoms with Crippen LogP contribution in [-0.4, -0.2) is 18.7 Å². The van der Waals surface area contributed by atoms with Crippen molar-refractivity contribution >= 4 is 0 Å². The van der Waals surface area contributed by atoms with E-state index in [1.54, 1.807) is 6.07 Å². The molecule has 2 N–H and O–H groups in total. The first kappa shape index (κ1) is 8.57. The molecule has 0 amide bonds. The minimum absolute atomic E-state index is 0.469. The third-order valence-electron chi connectivity index (χ3n) is 2.74. The molecule has 1 aliphatic rings. The molecule has 0 fully saturated rings. The second kappa shape index (κ2) is 3.38. The normalized spacial score (nSPS) is 20.2. The van der Waals surface area contributed by atoms with Gasteiger partial charge in [-0.15, -0.1) is 0 Å². The molecule has 0 saturated carbocycles. The summed E-state index contributed by atoms with van der Waals surface area (Å²) in [4.78, 5) is 0. The average Bonchev–Trinajstić information content (AvgIpc) is 2.49.